The van der Waals surface area contributed by atoms with Crippen LogP contribution in [0.3, 0.4) is 0 Å². The summed E-state index contributed by atoms with van der Waals surface area (Å²) in [6.07, 6.45) is 2.16. The van der Waals surface area contributed by atoms with Crippen LogP contribution in [0.4, 0.5) is 5.69 Å². The third kappa shape index (κ3) is 2.86. The van der Waals surface area contributed by atoms with Gasteiger partial charge in [0.25, 0.3) is 5.91 Å². The van der Waals surface area contributed by atoms with Gasteiger partial charge in [-0.05, 0) is 43.9 Å². The Morgan fingerprint density at radius 1 is 1.43 bits per heavy atom. The van der Waals surface area contributed by atoms with Crippen molar-refractivity contribution >= 4 is 17.5 Å². The Labute approximate surface area is 124 Å². The molecule has 1 saturated carbocycles. The topological polar surface area (TPSA) is 58.6 Å². The first-order valence-electron chi connectivity index (χ1n) is 7.46. The van der Waals surface area contributed by atoms with E-state index in [2.05, 4.69) is 5.32 Å². The summed E-state index contributed by atoms with van der Waals surface area (Å²) < 4.78 is 5.73. The summed E-state index contributed by atoms with van der Waals surface area (Å²) in [4.78, 5) is 26.1. The Morgan fingerprint density at radius 2 is 2.19 bits per heavy atom. The molecule has 5 heteroatoms. The molecule has 0 radical (unpaired) electrons. The highest BCUT2D eigenvalue weighted by Crippen LogP contribution is 2.35. The molecule has 1 aromatic carbocycles. The zero-order valence-electron chi connectivity index (χ0n) is 12.4. The molecule has 1 aliphatic heterocycles. The van der Waals surface area contributed by atoms with Crippen LogP contribution >= 0.6 is 0 Å². The lowest BCUT2D eigenvalue weighted by molar-refractivity contribution is -0.129. The molecule has 5 nitrogen and oxygen atoms in total. The number of benzene rings is 1. The van der Waals surface area contributed by atoms with Crippen molar-refractivity contribution in [3.05, 3.63) is 23.8 Å². The number of anilines is 1. The van der Waals surface area contributed by atoms with E-state index in [-0.39, 0.29) is 18.4 Å². The van der Waals surface area contributed by atoms with Gasteiger partial charge in [-0.2, -0.15) is 0 Å². The molecule has 1 heterocycles. The molecule has 0 spiro atoms. The van der Waals surface area contributed by atoms with E-state index in [1.807, 2.05) is 32.0 Å². The highest BCUT2D eigenvalue weighted by Gasteiger charge is 2.35. The van der Waals surface area contributed by atoms with Crippen molar-refractivity contribution in [1.82, 2.24) is 5.32 Å². The lowest BCUT2D eigenvalue weighted by Crippen LogP contribution is -2.49. The van der Waals surface area contributed by atoms with Crippen LogP contribution in [-0.4, -0.2) is 30.5 Å². The molecule has 21 heavy (non-hydrogen) atoms. The summed E-state index contributed by atoms with van der Waals surface area (Å²) in [7, 11) is 0. The third-order valence-corrected chi connectivity index (χ3v) is 3.83. The van der Waals surface area contributed by atoms with E-state index < -0.39 is 6.10 Å². The fraction of sp³-hybridized carbons (Fsp3) is 0.500. The summed E-state index contributed by atoms with van der Waals surface area (Å²) >= 11 is 0. The minimum atomic E-state index is -0.506. The van der Waals surface area contributed by atoms with Gasteiger partial charge in [-0.25, -0.2) is 0 Å². The van der Waals surface area contributed by atoms with E-state index in [1.165, 1.54) is 0 Å². The first-order valence-corrected chi connectivity index (χ1v) is 7.46. The highest BCUT2D eigenvalue weighted by molar-refractivity contribution is 6.04. The Balaban J connectivity index is 1.86. The second-order valence-corrected chi connectivity index (χ2v) is 5.75. The second-order valence-electron chi connectivity index (χ2n) is 5.75. The zero-order valence-corrected chi connectivity index (χ0v) is 12.4. The lowest BCUT2D eigenvalue weighted by Gasteiger charge is -2.33. The molecule has 1 atom stereocenters. The molecule has 2 aliphatic rings. The maximum atomic E-state index is 12.5. The Morgan fingerprint density at radius 3 is 2.86 bits per heavy atom. The van der Waals surface area contributed by atoms with Crippen molar-refractivity contribution in [3.63, 3.8) is 0 Å². The molecule has 112 valence electrons. The molecule has 1 fully saturated rings. The largest absolute Gasteiger partial charge is 0.478 e. The molecule has 1 N–H and O–H groups in total. The number of amides is 2. The van der Waals surface area contributed by atoms with Crippen molar-refractivity contribution in [1.29, 1.82) is 0 Å². The number of carbonyl (C=O) groups excluding carboxylic acids is 2. The predicted octanol–water partition coefficient (Wildman–Crippen LogP) is 1.78. The number of rotatable bonds is 4. The molecular weight excluding hydrogens is 268 g/mol. The van der Waals surface area contributed by atoms with Crippen LogP contribution in [0.1, 0.15) is 31.7 Å². The fourth-order valence-corrected chi connectivity index (χ4v) is 2.50. The van der Waals surface area contributed by atoms with Crippen LogP contribution in [0.25, 0.3) is 0 Å². The van der Waals surface area contributed by atoms with Crippen LogP contribution in [0.15, 0.2) is 18.2 Å². The SMILES string of the molecule is CCC1Oc2ccc(C)cc2N(CC(=O)NC2CC2)C1=O. The molecule has 3 rings (SSSR count). The minimum Gasteiger partial charge on any atom is -0.478 e. The van der Waals surface area contributed by atoms with Gasteiger partial charge in [0.1, 0.15) is 12.3 Å². The fourth-order valence-electron chi connectivity index (χ4n) is 2.50. The monoisotopic (exact) mass is 288 g/mol. The number of nitrogens with one attached hydrogen (secondary N) is 1. The Hall–Kier alpha value is -2.04. The van der Waals surface area contributed by atoms with Gasteiger partial charge in [0.2, 0.25) is 5.91 Å². The standard InChI is InChI=1S/C16H20N2O3/c1-3-13-16(20)18(9-15(19)17-11-5-6-11)12-8-10(2)4-7-14(12)21-13/h4,7-8,11,13H,3,5-6,9H2,1-2H3,(H,17,19). The van der Waals surface area contributed by atoms with Crippen molar-refractivity contribution < 1.29 is 14.3 Å². The first kappa shape index (κ1) is 13.9. The molecule has 1 aliphatic carbocycles. The molecule has 0 saturated heterocycles. The molecule has 2 amide bonds. The van der Waals surface area contributed by atoms with Crippen LogP contribution in [0.5, 0.6) is 5.75 Å². The number of fused-ring (bicyclic) bond motifs is 1. The maximum Gasteiger partial charge on any atom is 0.268 e. The highest BCUT2D eigenvalue weighted by atomic mass is 16.5. The van der Waals surface area contributed by atoms with Crippen molar-refractivity contribution in [2.75, 3.05) is 11.4 Å². The van der Waals surface area contributed by atoms with Gasteiger partial charge in [0.05, 0.1) is 5.69 Å². The van der Waals surface area contributed by atoms with E-state index in [9.17, 15) is 9.59 Å². The van der Waals surface area contributed by atoms with Gasteiger partial charge < -0.3 is 10.1 Å². The third-order valence-electron chi connectivity index (χ3n) is 3.83. The summed E-state index contributed by atoms with van der Waals surface area (Å²) in [6, 6.07) is 6.01. The van der Waals surface area contributed by atoms with E-state index in [0.29, 0.717) is 23.9 Å². The average Bonchev–Trinajstić information content (AvgIpc) is 3.26. The molecular formula is C16H20N2O3. The van der Waals surface area contributed by atoms with Crippen LogP contribution in [0, 0.1) is 6.92 Å². The van der Waals surface area contributed by atoms with Crippen LogP contribution < -0.4 is 15.0 Å². The number of hydrogen-bond acceptors (Lipinski definition) is 3. The summed E-state index contributed by atoms with van der Waals surface area (Å²) in [6.45, 7) is 3.93. The summed E-state index contributed by atoms with van der Waals surface area (Å²) in [5, 5.41) is 2.93. The van der Waals surface area contributed by atoms with Crippen LogP contribution in [-0.2, 0) is 9.59 Å². The molecule has 1 aromatic rings. The molecule has 0 bridgehead atoms. The first-order chi connectivity index (χ1) is 10.1. The summed E-state index contributed by atoms with van der Waals surface area (Å²) in [5.41, 5.74) is 1.73. The molecule has 1 unspecified atom stereocenters. The van der Waals surface area contributed by atoms with Crippen molar-refractivity contribution in [2.24, 2.45) is 0 Å². The van der Waals surface area contributed by atoms with Gasteiger partial charge >= 0.3 is 0 Å². The van der Waals surface area contributed by atoms with Gasteiger partial charge in [-0.1, -0.05) is 13.0 Å². The minimum absolute atomic E-state index is 0.0612. The quantitative estimate of drug-likeness (QED) is 0.918. The van der Waals surface area contributed by atoms with Gasteiger partial charge in [-0.3, -0.25) is 14.5 Å². The number of ether oxygens (including phenoxy) is 1. The number of hydrogen-bond donors (Lipinski definition) is 1. The smallest absolute Gasteiger partial charge is 0.268 e. The van der Waals surface area contributed by atoms with Crippen molar-refractivity contribution in [2.45, 2.75) is 45.3 Å². The van der Waals surface area contributed by atoms with E-state index >= 15 is 0 Å². The Kier molecular flexibility index (Phi) is 3.57. The van der Waals surface area contributed by atoms with Gasteiger partial charge in [0.15, 0.2) is 6.10 Å². The van der Waals surface area contributed by atoms with Gasteiger partial charge in [0, 0.05) is 6.04 Å². The van der Waals surface area contributed by atoms with E-state index in [0.717, 1.165) is 18.4 Å². The molecule has 0 aromatic heterocycles. The van der Waals surface area contributed by atoms with E-state index in [4.69, 9.17) is 4.74 Å². The van der Waals surface area contributed by atoms with Crippen LogP contribution in [0.2, 0.25) is 0 Å². The van der Waals surface area contributed by atoms with Crippen molar-refractivity contribution in [3.8, 4) is 5.75 Å². The Bertz CT molecular complexity index is 581. The zero-order chi connectivity index (χ0) is 15.0. The number of carbonyl (C=O) groups is 2. The lowest BCUT2D eigenvalue weighted by atomic mass is 10.1. The maximum absolute atomic E-state index is 12.5. The number of aryl methyl sites for hydroxylation is 1. The second kappa shape index (κ2) is 5.39. The van der Waals surface area contributed by atoms with Gasteiger partial charge in [-0.15, -0.1) is 0 Å². The normalized spacial score (nSPS) is 20.8. The predicted molar refractivity (Wildman–Crippen MR) is 79.4 cm³/mol. The number of nitrogens with zero attached hydrogens (tertiary/aromatic N) is 1. The van der Waals surface area contributed by atoms with E-state index in [1.54, 1.807) is 4.90 Å². The summed E-state index contributed by atoms with van der Waals surface area (Å²) in [5.74, 6) is 0.433. The average molecular weight is 288 g/mol.